The molecule has 1 saturated heterocycles. The maximum absolute atomic E-state index is 15.3. The van der Waals surface area contributed by atoms with E-state index in [2.05, 4.69) is 43.4 Å². The molecule has 2 aromatic carbocycles. The number of phosphoric acid groups is 1. The van der Waals surface area contributed by atoms with Gasteiger partial charge in [0.1, 0.15) is 12.3 Å². The Balaban J connectivity index is 0.00000861. The minimum atomic E-state index is -5.00. The first kappa shape index (κ1) is 61.3. The summed E-state index contributed by atoms with van der Waals surface area (Å²) in [6.07, 6.45) is 17.1. The molecule has 4 saturated carbocycles. The van der Waals surface area contributed by atoms with E-state index >= 15 is 4.79 Å². The first-order chi connectivity index (χ1) is 36.2. The van der Waals surface area contributed by atoms with Gasteiger partial charge in [-0.1, -0.05) is 108 Å². The fourth-order valence-corrected chi connectivity index (χ4v) is 15.5. The van der Waals surface area contributed by atoms with Crippen LogP contribution < -0.4 is 22.2 Å². The Morgan fingerprint density at radius 3 is 2.38 bits per heavy atom. The molecule has 1 heterocycles. The molecule has 77 heavy (non-hydrogen) atoms. The number of aliphatic hydroxyl groups excluding tert-OH is 2. The second kappa shape index (κ2) is 26.1. The van der Waals surface area contributed by atoms with Gasteiger partial charge < -0.3 is 55.9 Å². The van der Waals surface area contributed by atoms with Gasteiger partial charge in [0, 0.05) is 53.9 Å². The second-order valence-corrected chi connectivity index (χ2v) is 25.7. The van der Waals surface area contributed by atoms with Crippen LogP contribution in [-0.2, 0) is 50.9 Å². The van der Waals surface area contributed by atoms with Gasteiger partial charge in [0.25, 0.3) is 0 Å². The van der Waals surface area contributed by atoms with Crippen LogP contribution in [0.3, 0.4) is 0 Å². The van der Waals surface area contributed by atoms with E-state index in [9.17, 15) is 34.2 Å². The number of ether oxygens (including phenoxy) is 4. The van der Waals surface area contributed by atoms with E-state index in [1.165, 1.54) is 11.6 Å². The predicted molar refractivity (Wildman–Crippen MR) is 288 cm³/mol. The maximum Gasteiger partial charge on any atom is 0.524 e. The number of phosphoric ester groups is 1. The molecule has 11 atom stereocenters. The van der Waals surface area contributed by atoms with Crippen LogP contribution in [0.25, 0.3) is 0 Å². The van der Waals surface area contributed by atoms with Crippen molar-refractivity contribution in [2.24, 2.45) is 40.4 Å². The molecular formula is C60H88ClN2O13P. The molecule has 6 aliphatic rings. The number of fused-ring (bicyclic) bond motifs is 7. The zero-order chi connectivity index (χ0) is 54.5. The molecule has 2 aromatic rings. The summed E-state index contributed by atoms with van der Waals surface area (Å²) in [6.45, 7) is 9.95. The van der Waals surface area contributed by atoms with Gasteiger partial charge in [-0.05, 0) is 124 Å². The number of halogens is 1. The third-order valence-corrected chi connectivity index (χ3v) is 19.0. The van der Waals surface area contributed by atoms with Crippen molar-refractivity contribution in [2.45, 2.75) is 173 Å². The van der Waals surface area contributed by atoms with E-state index in [1.54, 1.807) is 24.3 Å². The first-order valence-electron chi connectivity index (χ1n) is 28.5. The fraction of sp³-hybridized carbons (Fsp3) is 0.683. The Morgan fingerprint density at radius 2 is 1.66 bits per heavy atom. The molecule has 15 nitrogen and oxygen atoms in total. The lowest BCUT2D eigenvalue weighted by molar-refractivity contribution is -0.923. The number of ketones is 2. The highest BCUT2D eigenvalue weighted by atomic mass is 35.5. The number of allylic oxidation sites excluding steroid dienone is 4. The number of rotatable bonds is 26. The number of nitrogens with zero attached hydrogens (tertiary/aromatic N) is 1. The number of benzene rings is 2. The number of carbonyl (C=O) groups is 3. The van der Waals surface area contributed by atoms with Crippen LogP contribution in [0.1, 0.15) is 147 Å². The molecule has 0 bridgehead atoms. The number of esters is 1. The maximum atomic E-state index is 15.3. The monoisotopic (exact) mass is 1110 g/mol. The number of hydrogen-bond donors (Lipinski definition) is 5. The predicted octanol–water partition coefficient (Wildman–Crippen LogP) is 6.05. The van der Waals surface area contributed by atoms with Gasteiger partial charge in [-0.15, -0.1) is 0 Å². The Kier molecular flexibility index (Phi) is 20.8. The third kappa shape index (κ3) is 13.7. The zero-order valence-corrected chi connectivity index (χ0v) is 48.1. The molecule has 1 unspecified atom stereocenters. The normalized spacial score (nSPS) is 29.9. The van der Waals surface area contributed by atoms with Crippen LogP contribution in [0.5, 0.6) is 5.75 Å². The smallest absolute Gasteiger partial charge is 0.524 e. The van der Waals surface area contributed by atoms with Crippen molar-refractivity contribution in [1.29, 1.82) is 0 Å². The minimum absolute atomic E-state index is 0. The topological polar surface area (TPSA) is 207 Å². The lowest BCUT2D eigenvalue weighted by atomic mass is 9.46. The first-order valence-corrected chi connectivity index (χ1v) is 30.1. The summed E-state index contributed by atoms with van der Waals surface area (Å²) in [6, 6.07) is 14.3. The van der Waals surface area contributed by atoms with Gasteiger partial charge in [-0.3, -0.25) is 19.4 Å². The zero-order valence-electron chi connectivity index (χ0n) is 46.4. The summed E-state index contributed by atoms with van der Waals surface area (Å²) in [5.41, 5.74) is 0.485. The number of nitrogens with one attached hydrogen (secondary N) is 1. The second-order valence-electron chi connectivity index (χ2n) is 24.5. The van der Waals surface area contributed by atoms with Crippen LogP contribution in [0, 0.1) is 40.4 Å². The molecule has 5 aliphatic carbocycles. The number of Topliss-reactive ketones (excluding diaryl/α,β-unsaturated/α-hetero) is 1. The van der Waals surface area contributed by atoms with E-state index < -0.39 is 67.5 Å². The lowest BCUT2D eigenvalue weighted by Crippen LogP contribution is -3.00. The van der Waals surface area contributed by atoms with Crippen LogP contribution in [0.2, 0.25) is 0 Å². The van der Waals surface area contributed by atoms with Crippen molar-refractivity contribution in [1.82, 2.24) is 5.32 Å². The molecule has 0 radical (unpaired) electrons. The van der Waals surface area contributed by atoms with E-state index in [-0.39, 0.29) is 83.3 Å². The van der Waals surface area contributed by atoms with Crippen molar-refractivity contribution in [3.63, 3.8) is 0 Å². The Bertz CT molecular complexity index is 2440. The van der Waals surface area contributed by atoms with Gasteiger partial charge >= 0.3 is 13.8 Å². The molecule has 0 spiro atoms. The average Bonchev–Trinajstić information content (AvgIpc) is 4.02. The summed E-state index contributed by atoms with van der Waals surface area (Å²) >= 11 is 0. The summed E-state index contributed by atoms with van der Waals surface area (Å²) in [7, 11) is -1.36. The summed E-state index contributed by atoms with van der Waals surface area (Å²) in [5, 5.41) is 27.0. The molecule has 428 valence electrons. The third-order valence-electron chi connectivity index (χ3n) is 18.5. The number of likely N-dealkylation sites (N-methyl/N-ethyl adjacent to an activating group) is 1. The number of quaternary nitrogens is 1. The Morgan fingerprint density at radius 1 is 0.948 bits per heavy atom. The molecular weight excluding hydrogens is 1020 g/mol. The van der Waals surface area contributed by atoms with Crippen molar-refractivity contribution in [3.8, 4) is 5.75 Å². The van der Waals surface area contributed by atoms with Gasteiger partial charge in [0.2, 0.25) is 5.78 Å². The Hall–Kier alpha value is -3.31. The highest BCUT2D eigenvalue weighted by Crippen LogP contribution is 2.70. The molecule has 0 aromatic heterocycles. The SMILES string of the molecule is CC(C)[C@@H](C(=O)OCC(=O)[C@@]12O[C@H](C3CCCCC3)O[C@@H]1C[C@H]1[C@@H]3CCC4=CC(=O)C=C[C@]4(C)[C@H]3[C@@H](O)C[C@@]12C)[N+](C)(C)Cc1cc(C(O)CNCCCCCCOCCCCc2ccccc2)ccc1OP(=O)(O)O.[Cl-]. The minimum Gasteiger partial charge on any atom is -1.00 e. The molecule has 5 N–H and O–H groups in total. The largest absolute Gasteiger partial charge is 1.00 e. The molecule has 0 amide bonds. The van der Waals surface area contributed by atoms with E-state index in [0.29, 0.717) is 24.1 Å². The molecule has 1 aliphatic heterocycles. The summed E-state index contributed by atoms with van der Waals surface area (Å²) < 4.78 is 43.4. The van der Waals surface area contributed by atoms with Crippen molar-refractivity contribution >= 4 is 25.4 Å². The highest BCUT2D eigenvalue weighted by Gasteiger charge is 2.76. The molecule has 5 fully saturated rings. The van der Waals surface area contributed by atoms with E-state index in [4.69, 9.17) is 23.5 Å². The lowest BCUT2D eigenvalue weighted by Gasteiger charge is -2.59. The number of aryl methyl sites for hydroxylation is 1. The van der Waals surface area contributed by atoms with Crippen LogP contribution >= 0.6 is 7.82 Å². The fourth-order valence-electron chi connectivity index (χ4n) is 15.0. The van der Waals surface area contributed by atoms with E-state index in [0.717, 1.165) is 109 Å². The Labute approximate surface area is 463 Å². The van der Waals surface area contributed by atoms with Gasteiger partial charge in [0.15, 0.2) is 30.3 Å². The van der Waals surface area contributed by atoms with E-state index in [1.807, 2.05) is 40.1 Å². The number of aliphatic hydroxyl groups is 2. The van der Waals surface area contributed by atoms with Crippen LogP contribution in [0.15, 0.2) is 72.3 Å². The quantitative estimate of drug-likeness (QED) is 0.0315. The van der Waals surface area contributed by atoms with Crippen LogP contribution in [-0.4, -0.2) is 119 Å². The average molecular weight is 1110 g/mol. The number of unbranched alkanes of at least 4 members (excludes halogenated alkanes) is 4. The molecule has 17 heteroatoms. The van der Waals surface area contributed by atoms with Gasteiger partial charge in [-0.25, -0.2) is 9.36 Å². The van der Waals surface area contributed by atoms with Crippen molar-refractivity contribution in [2.75, 3.05) is 47.0 Å². The van der Waals surface area contributed by atoms with Crippen molar-refractivity contribution in [3.05, 3.63) is 89.0 Å². The molecule has 8 rings (SSSR count). The van der Waals surface area contributed by atoms with Gasteiger partial charge in [-0.2, -0.15) is 0 Å². The summed E-state index contributed by atoms with van der Waals surface area (Å²) in [4.78, 5) is 62.3. The van der Waals surface area contributed by atoms with Crippen molar-refractivity contribution < 1.29 is 79.3 Å². The summed E-state index contributed by atoms with van der Waals surface area (Å²) in [5.74, 6) is -1.46. The standard InChI is InChI=1S/C60H87N2O13P.ClH/c1-40(2)55(62(5,6)38-44-33-43(24-27-51(44)75-76(68,69)70)50(65)37-61-30-16-7-8-17-31-71-32-18-15-21-41-19-11-9-12-20-41)56(67)72-39-52(66)60-53(73-57(74-60)42-22-13-10-14-23-42)35-48-47-26-25-45-34-46(63)28-29-58(45,3)54(47)49(64)36-59(48,60)4;/h9,11-12,19-20,24,27-29,33-34,40,42,47-50,53-55,57,61,64-65H,7-8,10,13-18,21-23,25-26,30-32,35-39H2,1-6H3,(H-,68,69,70);1H/t47-,48-,49-,50?,53+,54+,55-,57+,58-,59-,60+;/m0./s1. The van der Waals surface area contributed by atoms with Crippen LogP contribution in [0.4, 0.5) is 0 Å². The van der Waals surface area contributed by atoms with Gasteiger partial charge in [0.05, 0.1) is 32.4 Å². The highest BCUT2D eigenvalue weighted by molar-refractivity contribution is 7.46. The number of hydrogen-bond acceptors (Lipinski definition) is 12. The number of carbonyl (C=O) groups excluding carboxylic acids is 3.